The van der Waals surface area contributed by atoms with Gasteiger partial charge in [-0.25, -0.2) is 5.43 Å². The fraction of sp³-hybridized carbons (Fsp3) is 0.333. The number of rotatable bonds is 5. The quantitative estimate of drug-likeness (QED) is 0.589. The summed E-state index contributed by atoms with van der Waals surface area (Å²) in [7, 11) is 0. The molecule has 86 valence electrons. The fourth-order valence-electron chi connectivity index (χ4n) is 1.16. The first-order valence-corrected chi connectivity index (χ1v) is 5.34. The summed E-state index contributed by atoms with van der Waals surface area (Å²) < 4.78 is 0. The molecule has 16 heavy (non-hydrogen) atoms. The maximum atomic E-state index is 11.2. The number of carbonyl (C=O) groups is 1. The molecule has 0 bridgehead atoms. The molecule has 0 fully saturated rings. The average molecular weight is 220 g/mol. The van der Waals surface area contributed by atoms with E-state index in [1.54, 1.807) is 24.3 Å². The Balaban J connectivity index is 2.43. The molecule has 0 aliphatic rings. The lowest BCUT2D eigenvalue weighted by Crippen LogP contribution is -2.16. The van der Waals surface area contributed by atoms with Gasteiger partial charge in [-0.3, -0.25) is 4.79 Å². The van der Waals surface area contributed by atoms with Gasteiger partial charge in [-0.1, -0.05) is 25.5 Å². The van der Waals surface area contributed by atoms with E-state index >= 15 is 0 Å². The van der Waals surface area contributed by atoms with Crippen LogP contribution in [0.3, 0.4) is 0 Å². The maximum Gasteiger partial charge on any atom is 0.240 e. The lowest BCUT2D eigenvalue weighted by Gasteiger charge is -1.99. The minimum atomic E-state index is -0.103. The van der Waals surface area contributed by atoms with Gasteiger partial charge in [0.25, 0.3) is 0 Å². The molecule has 0 aromatic heterocycles. The van der Waals surface area contributed by atoms with Crippen LogP contribution in [0.15, 0.2) is 29.4 Å². The van der Waals surface area contributed by atoms with Crippen molar-refractivity contribution in [2.75, 3.05) is 0 Å². The Morgan fingerprint density at radius 2 is 2.25 bits per heavy atom. The molecule has 1 aromatic carbocycles. The van der Waals surface area contributed by atoms with Gasteiger partial charge in [0.05, 0.1) is 6.21 Å². The summed E-state index contributed by atoms with van der Waals surface area (Å²) in [5, 5.41) is 13.2. The van der Waals surface area contributed by atoms with Crippen molar-refractivity contribution in [3.63, 3.8) is 0 Å². The fourth-order valence-corrected chi connectivity index (χ4v) is 1.16. The van der Waals surface area contributed by atoms with Crippen molar-refractivity contribution in [2.45, 2.75) is 26.2 Å². The predicted octanol–water partition coefficient (Wildman–Crippen LogP) is 2.03. The van der Waals surface area contributed by atoms with Crippen LogP contribution in [-0.2, 0) is 4.79 Å². The summed E-state index contributed by atoms with van der Waals surface area (Å²) in [6.45, 7) is 2.03. The largest absolute Gasteiger partial charge is 0.507 e. The monoisotopic (exact) mass is 220 g/mol. The van der Waals surface area contributed by atoms with E-state index in [2.05, 4.69) is 10.5 Å². The number of aromatic hydroxyl groups is 1. The Morgan fingerprint density at radius 3 is 2.94 bits per heavy atom. The Hall–Kier alpha value is -1.84. The molecule has 4 heteroatoms. The van der Waals surface area contributed by atoms with E-state index in [-0.39, 0.29) is 11.7 Å². The first-order valence-electron chi connectivity index (χ1n) is 5.34. The molecule has 1 aromatic rings. The average Bonchev–Trinajstić information content (AvgIpc) is 2.29. The summed E-state index contributed by atoms with van der Waals surface area (Å²) >= 11 is 0. The number of nitrogens with zero attached hydrogens (tertiary/aromatic N) is 1. The van der Waals surface area contributed by atoms with Crippen LogP contribution in [-0.4, -0.2) is 17.2 Å². The van der Waals surface area contributed by atoms with Crippen molar-refractivity contribution in [1.29, 1.82) is 0 Å². The number of hydrazone groups is 1. The Morgan fingerprint density at radius 1 is 1.50 bits per heavy atom. The van der Waals surface area contributed by atoms with E-state index in [0.29, 0.717) is 12.0 Å². The highest BCUT2D eigenvalue weighted by atomic mass is 16.3. The third kappa shape index (κ3) is 4.13. The second-order valence-corrected chi connectivity index (χ2v) is 3.46. The van der Waals surface area contributed by atoms with Gasteiger partial charge in [-0.15, -0.1) is 0 Å². The molecule has 0 radical (unpaired) electrons. The normalized spacial score (nSPS) is 10.6. The van der Waals surface area contributed by atoms with Crippen molar-refractivity contribution < 1.29 is 9.90 Å². The standard InChI is InChI=1S/C12H16N2O2/c1-2-3-8-12(16)14-13-9-10-6-4-5-7-11(10)15/h4-7,9,15H,2-3,8H2,1H3,(H,14,16)/b13-9+. The van der Waals surface area contributed by atoms with Crippen LogP contribution >= 0.6 is 0 Å². The molecular weight excluding hydrogens is 204 g/mol. The minimum Gasteiger partial charge on any atom is -0.507 e. The van der Waals surface area contributed by atoms with Crippen molar-refractivity contribution in [1.82, 2.24) is 5.43 Å². The van der Waals surface area contributed by atoms with Crippen LogP contribution in [0.5, 0.6) is 5.75 Å². The number of amides is 1. The van der Waals surface area contributed by atoms with Crippen molar-refractivity contribution in [3.8, 4) is 5.75 Å². The SMILES string of the molecule is CCCCC(=O)N/N=C/c1ccccc1O. The summed E-state index contributed by atoms with van der Waals surface area (Å²) in [6.07, 6.45) is 3.75. The molecule has 0 saturated carbocycles. The van der Waals surface area contributed by atoms with Crippen molar-refractivity contribution >= 4 is 12.1 Å². The molecule has 0 spiro atoms. The van der Waals surface area contributed by atoms with Gasteiger partial charge in [0.1, 0.15) is 5.75 Å². The molecule has 0 saturated heterocycles. The highest BCUT2D eigenvalue weighted by Gasteiger charge is 1.98. The second kappa shape index (κ2) is 6.61. The molecule has 4 nitrogen and oxygen atoms in total. The number of para-hydroxylation sites is 1. The van der Waals surface area contributed by atoms with Crippen LogP contribution in [0.2, 0.25) is 0 Å². The van der Waals surface area contributed by atoms with Crippen LogP contribution in [0.4, 0.5) is 0 Å². The predicted molar refractivity (Wildman–Crippen MR) is 63.4 cm³/mol. The maximum absolute atomic E-state index is 11.2. The molecule has 0 atom stereocenters. The third-order valence-electron chi connectivity index (χ3n) is 2.09. The molecule has 0 aliphatic heterocycles. The zero-order chi connectivity index (χ0) is 11.8. The number of hydrogen-bond acceptors (Lipinski definition) is 3. The van der Waals surface area contributed by atoms with E-state index in [0.717, 1.165) is 12.8 Å². The lowest BCUT2D eigenvalue weighted by molar-refractivity contribution is -0.121. The third-order valence-corrected chi connectivity index (χ3v) is 2.09. The molecular formula is C12H16N2O2. The highest BCUT2D eigenvalue weighted by molar-refractivity contribution is 5.84. The van der Waals surface area contributed by atoms with Crippen LogP contribution in [0.25, 0.3) is 0 Å². The van der Waals surface area contributed by atoms with E-state index < -0.39 is 0 Å². The van der Waals surface area contributed by atoms with Gasteiger partial charge in [-0.2, -0.15) is 5.10 Å². The van der Waals surface area contributed by atoms with Gasteiger partial charge in [-0.05, 0) is 18.6 Å². The Kier molecular flexibility index (Phi) is 5.05. The van der Waals surface area contributed by atoms with Crippen LogP contribution < -0.4 is 5.43 Å². The van der Waals surface area contributed by atoms with E-state index in [1.807, 2.05) is 6.92 Å². The number of hydrogen-bond donors (Lipinski definition) is 2. The van der Waals surface area contributed by atoms with E-state index in [9.17, 15) is 9.90 Å². The molecule has 1 amide bonds. The van der Waals surface area contributed by atoms with Crippen molar-refractivity contribution in [3.05, 3.63) is 29.8 Å². The van der Waals surface area contributed by atoms with E-state index in [4.69, 9.17) is 0 Å². The number of carbonyl (C=O) groups excluding carboxylic acids is 1. The van der Waals surface area contributed by atoms with Gasteiger partial charge < -0.3 is 5.11 Å². The van der Waals surface area contributed by atoms with Crippen LogP contribution in [0.1, 0.15) is 31.7 Å². The zero-order valence-electron chi connectivity index (χ0n) is 9.31. The Labute approximate surface area is 95.0 Å². The molecule has 0 aliphatic carbocycles. The van der Waals surface area contributed by atoms with Gasteiger partial charge in [0, 0.05) is 12.0 Å². The number of nitrogens with one attached hydrogen (secondary N) is 1. The van der Waals surface area contributed by atoms with Gasteiger partial charge >= 0.3 is 0 Å². The summed E-state index contributed by atoms with van der Waals surface area (Å²) in [5.41, 5.74) is 2.99. The van der Waals surface area contributed by atoms with E-state index in [1.165, 1.54) is 6.21 Å². The summed E-state index contributed by atoms with van der Waals surface area (Å²) in [6, 6.07) is 6.81. The number of benzene rings is 1. The highest BCUT2D eigenvalue weighted by Crippen LogP contribution is 2.12. The number of phenols is 1. The topological polar surface area (TPSA) is 61.7 Å². The molecule has 2 N–H and O–H groups in total. The molecule has 1 rings (SSSR count). The second-order valence-electron chi connectivity index (χ2n) is 3.46. The van der Waals surface area contributed by atoms with Gasteiger partial charge in [0.2, 0.25) is 5.91 Å². The summed E-state index contributed by atoms with van der Waals surface area (Å²) in [4.78, 5) is 11.2. The lowest BCUT2D eigenvalue weighted by atomic mass is 10.2. The van der Waals surface area contributed by atoms with Crippen LogP contribution in [0, 0.1) is 0 Å². The summed E-state index contributed by atoms with van der Waals surface area (Å²) in [5.74, 6) is 0.0441. The molecule has 0 unspecified atom stereocenters. The van der Waals surface area contributed by atoms with Crippen molar-refractivity contribution in [2.24, 2.45) is 5.10 Å². The smallest absolute Gasteiger partial charge is 0.240 e. The number of unbranched alkanes of at least 4 members (excludes halogenated alkanes) is 1. The first kappa shape index (κ1) is 12.2. The molecule has 0 heterocycles. The first-order chi connectivity index (χ1) is 7.74. The minimum absolute atomic E-state index is 0.103. The zero-order valence-corrected chi connectivity index (χ0v) is 9.31. The Bertz CT molecular complexity index is 375. The number of phenolic OH excluding ortho intramolecular Hbond substituents is 1. The van der Waals surface area contributed by atoms with Gasteiger partial charge in [0.15, 0.2) is 0 Å².